The SMILES string of the molecule is CCN1CCN(c2ccc(CN=C(N)NCC(C)C)cc2F)CC1.I. The predicted molar refractivity (Wildman–Crippen MR) is 114 cm³/mol. The molecule has 1 aromatic rings. The lowest BCUT2D eigenvalue weighted by atomic mass is 10.1. The van der Waals surface area contributed by atoms with Crippen molar-refractivity contribution in [2.75, 3.05) is 44.2 Å². The van der Waals surface area contributed by atoms with Crippen molar-refractivity contribution in [3.05, 3.63) is 29.6 Å². The summed E-state index contributed by atoms with van der Waals surface area (Å²) in [6, 6.07) is 5.37. The average molecular weight is 463 g/mol. The van der Waals surface area contributed by atoms with Gasteiger partial charge in [-0.15, -0.1) is 24.0 Å². The van der Waals surface area contributed by atoms with Gasteiger partial charge in [0.1, 0.15) is 5.82 Å². The third kappa shape index (κ3) is 6.97. The smallest absolute Gasteiger partial charge is 0.188 e. The van der Waals surface area contributed by atoms with Crippen molar-refractivity contribution >= 4 is 35.6 Å². The number of hydrogen-bond acceptors (Lipinski definition) is 3. The molecule has 1 fully saturated rings. The molecule has 1 aromatic carbocycles. The van der Waals surface area contributed by atoms with Gasteiger partial charge in [-0.3, -0.25) is 0 Å². The normalized spacial score (nSPS) is 16.0. The number of halogens is 2. The highest BCUT2D eigenvalue weighted by Crippen LogP contribution is 2.22. The van der Waals surface area contributed by atoms with Crippen molar-refractivity contribution in [3.8, 4) is 0 Å². The molecule has 7 heteroatoms. The summed E-state index contributed by atoms with van der Waals surface area (Å²) in [6.07, 6.45) is 0. The maximum Gasteiger partial charge on any atom is 0.188 e. The van der Waals surface area contributed by atoms with Crippen LogP contribution in [0.3, 0.4) is 0 Å². The van der Waals surface area contributed by atoms with E-state index in [9.17, 15) is 4.39 Å². The summed E-state index contributed by atoms with van der Waals surface area (Å²) in [6.45, 7) is 12.3. The van der Waals surface area contributed by atoms with Crippen LogP contribution in [0.2, 0.25) is 0 Å². The molecule has 142 valence electrons. The predicted octanol–water partition coefficient (Wildman–Crippen LogP) is 2.65. The first-order valence-corrected chi connectivity index (χ1v) is 8.79. The third-order valence-electron chi connectivity index (χ3n) is 4.30. The third-order valence-corrected chi connectivity index (χ3v) is 4.30. The molecule has 1 saturated heterocycles. The minimum absolute atomic E-state index is 0. The zero-order valence-electron chi connectivity index (χ0n) is 15.5. The van der Waals surface area contributed by atoms with Gasteiger partial charge in [0.25, 0.3) is 0 Å². The molecular weight excluding hydrogens is 432 g/mol. The highest BCUT2D eigenvalue weighted by Gasteiger charge is 2.18. The van der Waals surface area contributed by atoms with Crippen molar-refractivity contribution in [2.24, 2.45) is 16.6 Å². The summed E-state index contributed by atoms with van der Waals surface area (Å²) in [7, 11) is 0. The van der Waals surface area contributed by atoms with E-state index in [2.05, 4.69) is 40.9 Å². The van der Waals surface area contributed by atoms with Gasteiger partial charge in [0.05, 0.1) is 12.2 Å². The Bertz CT molecular complexity index is 556. The number of guanidine groups is 1. The Morgan fingerprint density at radius 2 is 1.96 bits per heavy atom. The van der Waals surface area contributed by atoms with E-state index in [4.69, 9.17) is 5.73 Å². The van der Waals surface area contributed by atoms with Crippen molar-refractivity contribution < 1.29 is 4.39 Å². The Morgan fingerprint density at radius 1 is 1.28 bits per heavy atom. The second-order valence-electron chi connectivity index (χ2n) is 6.68. The van der Waals surface area contributed by atoms with E-state index in [1.807, 2.05) is 12.1 Å². The number of anilines is 1. The van der Waals surface area contributed by atoms with Crippen LogP contribution in [-0.4, -0.2) is 50.1 Å². The lowest BCUT2D eigenvalue weighted by Gasteiger charge is -2.35. The van der Waals surface area contributed by atoms with Crippen LogP contribution in [0.5, 0.6) is 0 Å². The van der Waals surface area contributed by atoms with Gasteiger partial charge in [-0.1, -0.05) is 26.8 Å². The summed E-state index contributed by atoms with van der Waals surface area (Å²) in [5.41, 5.74) is 7.33. The molecule has 0 aromatic heterocycles. The van der Waals surface area contributed by atoms with Gasteiger partial charge < -0.3 is 20.9 Å². The van der Waals surface area contributed by atoms with Crippen molar-refractivity contribution in [1.29, 1.82) is 0 Å². The molecule has 1 aliphatic heterocycles. The van der Waals surface area contributed by atoms with Gasteiger partial charge in [-0.2, -0.15) is 0 Å². The second kappa shape index (κ2) is 10.8. The summed E-state index contributed by atoms with van der Waals surface area (Å²) >= 11 is 0. The van der Waals surface area contributed by atoms with Crippen LogP contribution < -0.4 is 16.0 Å². The summed E-state index contributed by atoms with van der Waals surface area (Å²) < 4.78 is 14.4. The van der Waals surface area contributed by atoms with E-state index >= 15 is 0 Å². The fraction of sp³-hybridized carbons (Fsp3) is 0.611. The first kappa shape index (κ1) is 22.0. The zero-order valence-corrected chi connectivity index (χ0v) is 17.8. The highest BCUT2D eigenvalue weighted by molar-refractivity contribution is 14.0. The monoisotopic (exact) mass is 463 g/mol. The maximum absolute atomic E-state index is 14.4. The highest BCUT2D eigenvalue weighted by atomic mass is 127. The molecular formula is C18H31FIN5. The first-order chi connectivity index (χ1) is 11.5. The minimum Gasteiger partial charge on any atom is -0.370 e. The van der Waals surface area contributed by atoms with Crippen LogP contribution in [0.1, 0.15) is 26.3 Å². The van der Waals surface area contributed by atoms with E-state index < -0.39 is 0 Å². The van der Waals surface area contributed by atoms with Crippen LogP contribution in [-0.2, 0) is 6.54 Å². The van der Waals surface area contributed by atoms with E-state index in [1.165, 1.54) is 0 Å². The van der Waals surface area contributed by atoms with Gasteiger partial charge in [0.15, 0.2) is 5.96 Å². The van der Waals surface area contributed by atoms with E-state index in [0.29, 0.717) is 24.1 Å². The van der Waals surface area contributed by atoms with Crippen molar-refractivity contribution in [2.45, 2.75) is 27.3 Å². The first-order valence-electron chi connectivity index (χ1n) is 8.79. The molecule has 1 aliphatic rings. The van der Waals surface area contributed by atoms with Gasteiger partial charge >= 0.3 is 0 Å². The van der Waals surface area contributed by atoms with E-state index in [1.54, 1.807) is 6.07 Å². The molecule has 0 atom stereocenters. The average Bonchev–Trinajstić information content (AvgIpc) is 2.58. The Labute approximate surface area is 167 Å². The fourth-order valence-electron chi connectivity index (χ4n) is 2.75. The van der Waals surface area contributed by atoms with Crippen LogP contribution in [0, 0.1) is 11.7 Å². The van der Waals surface area contributed by atoms with E-state index in [0.717, 1.165) is 44.8 Å². The van der Waals surface area contributed by atoms with Gasteiger partial charge in [-0.05, 0) is 30.2 Å². The molecule has 0 amide bonds. The Morgan fingerprint density at radius 3 is 2.52 bits per heavy atom. The molecule has 0 aliphatic carbocycles. The molecule has 0 saturated carbocycles. The van der Waals surface area contributed by atoms with Crippen molar-refractivity contribution in [1.82, 2.24) is 10.2 Å². The fourth-order valence-corrected chi connectivity index (χ4v) is 2.75. The van der Waals surface area contributed by atoms with Crippen LogP contribution in [0.15, 0.2) is 23.2 Å². The Hall–Kier alpha value is -1.09. The van der Waals surface area contributed by atoms with Gasteiger partial charge in [-0.25, -0.2) is 9.38 Å². The summed E-state index contributed by atoms with van der Waals surface area (Å²) in [5.74, 6) is 0.730. The lowest BCUT2D eigenvalue weighted by molar-refractivity contribution is 0.270. The number of nitrogens with one attached hydrogen (secondary N) is 1. The number of hydrogen-bond donors (Lipinski definition) is 2. The number of benzene rings is 1. The van der Waals surface area contributed by atoms with Crippen LogP contribution >= 0.6 is 24.0 Å². The zero-order chi connectivity index (χ0) is 17.5. The second-order valence-corrected chi connectivity index (χ2v) is 6.68. The molecule has 3 N–H and O–H groups in total. The summed E-state index contributed by atoms with van der Waals surface area (Å²) in [4.78, 5) is 8.76. The molecule has 5 nitrogen and oxygen atoms in total. The number of likely N-dealkylation sites (N-methyl/N-ethyl adjacent to an activating group) is 1. The standard InChI is InChI=1S/C18H30FN5.HI/c1-4-23-7-9-24(10-8-23)17-6-5-15(11-16(17)19)13-22-18(20)21-12-14(2)3;/h5-6,11,14H,4,7-10,12-13H2,1-3H3,(H3,20,21,22);1H. The summed E-state index contributed by atoms with van der Waals surface area (Å²) in [5, 5.41) is 3.06. The quantitative estimate of drug-likeness (QED) is 0.387. The molecule has 1 heterocycles. The Kier molecular flexibility index (Phi) is 9.48. The minimum atomic E-state index is -0.179. The molecule has 0 bridgehead atoms. The topological polar surface area (TPSA) is 56.9 Å². The molecule has 0 radical (unpaired) electrons. The number of nitrogens with two attached hydrogens (primary N) is 1. The number of aliphatic imine (C=N–C) groups is 1. The van der Waals surface area contributed by atoms with Crippen LogP contribution in [0.25, 0.3) is 0 Å². The Balaban J connectivity index is 0.00000312. The molecule has 0 unspecified atom stereocenters. The number of rotatable bonds is 6. The number of piperazine rings is 1. The van der Waals surface area contributed by atoms with Crippen molar-refractivity contribution in [3.63, 3.8) is 0 Å². The molecule has 0 spiro atoms. The van der Waals surface area contributed by atoms with Crippen LogP contribution in [0.4, 0.5) is 10.1 Å². The molecule has 25 heavy (non-hydrogen) atoms. The lowest BCUT2D eigenvalue weighted by Crippen LogP contribution is -2.46. The van der Waals surface area contributed by atoms with E-state index in [-0.39, 0.29) is 29.8 Å². The largest absolute Gasteiger partial charge is 0.370 e. The van der Waals surface area contributed by atoms with Gasteiger partial charge in [0.2, 0.25) is 0 Å². The van der Waals surface area contributed by atoms with Gasteiger partial charge in [0, 0.05) is 32.7 Å². The number of nitrogens with zero attached hydrogens (tertiary/aromatic N) is 3. The maximum atomic E-state index is 14.4. The molecule has 2 rings (SSSR count).